The van der Waals surface area contributed by atoms with E-state index in [2.05, 4.69) is 5.32 Å². The van der Waals surface area contributed by atoms with Crippen LogP contribution < -0.4 is 10.1 Å². The summed E-state index contributed by atoms with van der Waals surface area (Å²) in [5.74, 6) is -0.698. The highest BCUT2D eigenvalue weighted by Crippen LogP contribution is 2.30. The largest absolute Gasteiger partial charge is 0.487 e. The van der Waals surface area contributed by atoms with Gasteiger partial charge >= 0.3 is 11.7 Å². The molecule has 1 aromatic rings. The number of nitro benzene ring substituents is 1. The van der Waals surface area contributed by atoms with E-state index in [4.69, 9.17) is 9.84 Å². The number of benzene rings is 1. The topological polar surface area (TPSA) is 102 Å². The minimum Gasteiger partial charge on any atom is -0.487 e. The monoisotopic (exact) mass is 296 g/mol. The van der Waals surface area contributed by atoms with Crippen molar-refractivity contribution in [2.24, 2.45) is 0 Å². The Bertz CT molecular complexity index is 532. The first-order chi connectivity index (χ1) is 9.81. The van der Waals surface area contributed by atoms with Crippen molar-refractivity contribution in [3.63, 3.8) is 0 Å². The van der Waals surface area contributed by atoms with E-state index < -0.39 is 16.4 Å². The molecule has 1 unspecified atom stereocenters. The van der Waals surface area contributed by atoms with Gasteiger partial charge in [-0.15, -0.1) is 0 Å². The summed E-state index contributed by atoms with van der Waals surface area (Å²) < 4.78 is 5.49. The van der Waals surface area contributed by atoms with Crippen LogP contribution in [-0.4, -0.2) is 35.2 Å². The minimum absolute atomic E-state index is 0.0791. The molecule has 0 bridgehead atoms. The number of likely N-dealkylation sites (N-methyl/N-ethyl adjacent to an activating group) is 1. The highest BCUT2D eigenvalue weighted by molar-refractivity contribution is 5.78. The molecule has 0 fully saturated rings. The Kier molecular flexibility index (Phi) is 5.66. The molecular weight excluding hydrogens is 276 g/mol. The minimum atomic E-state index is -1.03. The van der Waals surface area contributed by atoms with Crippen LogP contribution in [-0.2, 0) is 4.79 Å². The number of carboxylic acid groups (broad SMARTS) is 1. The van der Waals surface area contributed by atoms with Crippen molar-refractivity contribution >= 4 is 11.7 Å². The molecule has 0 radical (unpaired) electrons. The smallest absolute Gasteiger partial charge is 0.323 e. The average Bonchev–Trinajstić information content (AvgIpc) is 2.43. The van der Waals surface area contributed by atoms with Gasteiger partial charge < -0.3 is 15.2 Å². The molecule has 0 aromatic heterocycles. The SMILES string of the molecule is CNC(C)(CCCOc1c(C)cccc1[N+](=O)[O-])C(=O)O. The summed E-state index contributed by atoms with van der Waals surface area (Å²) in [4.78, 5) is 21.6. The first kappa shape index (κ1) is 16.9. The maximum Gasteiger partial charge on any atom is 0.323 e. The molecule has 7 heteroatoms. The van der Waals surface area contributed by atoms with Gasteiger partial charge in [-0.25, -0.2) is 0 Å². The molecule has 0 amide bonds. The van der Waals surface area contributed by atoms with Crippen LogP contribution >= 0.6 is 0 Å². The van der Waals surface area contributed by atoms with E-state index in [0.717, 1.165) is 0 Å². The molecule has 21 heavy (non-hydrogen) atoms. The number of hydrogen-bond donors (Lipinski definition) is 2. The summed E-state index contributed by atoms with van der Waals surface area (Å²) in [5.41, 5.74) is -0.426. The fourth-order valence-electron chi connectivity index (χ4n) is 1.91. The van der Waals surface area contributed by atoms with E-state index in [1.54, 1.807) is 33.0 Å². The van der Waals surface area contributed by atoms with Gasteiger partial charge in [-0.3, -0.25) is 14.9 Å². The number of carbonyl (C=O) groups is 1. The predicted molar refractivity (Wildman–Crippen MR) is 77.7 cm³/mol. The van der Waals surface area contributed by atoms with Crippen LogP contribution in [0, 0.1) is 17.0 Å². The van der Waals surface area contributed by atoms with Gasteiger partial charge in [0.15, 0.2) is 5.75 Å². The number of hydrogen-bond acceptors (Lipinski definition) is 5. The molecule has 1 rings (SSSR count). The molecule has 0 heterocycles. The maximum absolute atomic E-state index is 11.1. The lowest BCUT2D eigenvalue weighted by atomic mass is 9.96. The Hall–Kier alpha value is -2.15. The van der Waals surface area contributed by atoms with E-state index in [1.807, 2.05) is 0 Å². The molecule has 2 N–H and O–H groups in total. The predicted octanol–water partition coefficient (Wildman–Crippen LogP) is 2.12. The van der Waals surface area contributed by atoms with Crippen molar-refractivity contribution in [2.75, 3.05) is 13.7 Å². The van der Waals surface area contributed by atoms with Gasteiger partial charge in [0.05, 0.1) is 11.5 Å². The lowest BCUT2D eigenvalue weighted by Gasteiger charge is -2.23. The molecule has 0 saturated heterocycles. The summed E-state index contributed by atoms with van der Waals surface area (Å²) in [6.45, 7) is 3.54. The van der Waals surface area contributed by atoms with Crippen molar-refractivity contribution in [3.05, 3.63) is 33.9 Å². The van der Waals surface area contributed by atoms with E-state index in [9.17, 15) is 14.9 Å². The quantitative estimate of drug-likeness (QED) is 0.433. The van der Waals surface area contributed by atoms with Crippen molar-refractivity contribution in [3.8, 4) is 5.75 Å². The number of nitro groups is 1. The Morgan fingerprint density at radius 1 is 1.52 bits per heavy atom. The zero-order valence-electron chi connectivity index (χ0n) is 12.4. The van der Waals surface area contributed by atoms with Gasteiger partial charge in [-0.05, 0) is 39.3 Å². The summed E-state index contributed by atoms with van der Waals surface area (Å²) in [7, 11) is 1.58. The Labute approximate surface area is 123 Å². The molecule has 0 spiro atoms. The van der Waals surface area contributed by atoms with Crippen molar-refractivity contribution < 1.29 is 19.6 Å². The highest BCUT2D eigenvalue weighted by Gasteiger charge is 2.30. The van der Waals surface area contributed by atoms with Gasteiger partial charge in [0.25, 0.3) is 0 Å². The highest BCUT2D eigenvalue weighted by atomic mass is 16.6. The third kappa shape index (κ3) is 4.16. The molecule has 0 aliphatic rings. The van der Waals surface area contributed by atoms with Gasteiger partial charge in [0.1, 0.15) is 5.54 Å². The number of ether oxygens (including phenoxy) is 1. The number of rotatable bonds is 8. The van der Waals surface area contributed by atoms with E-state index in [1.165, 1.54) is 6.07 Å². The zero-order valence-corrected chi connectivity index (χ0v) is 12.4. The number of para-hydroxylation sites is 1. The van der Waals surface area contributed by atoms with Gasteiger partial charge in [-0.2, -0.15) is 0 Å². The number of aliphatic carboxylic acids is 1. The van der Waals surface area contributed by atoms with E-state index in [-0.39, 0.29) is 18.0 Å². The molecule has 7 nitrogen and oxygen atoms in total. The fraction of sp³-hybridized carbons (Fsp3) is 0.500. The lowest BCUT2D eigenvalue weighted by Crippen LogP contribution is -2.47. The van der Waals surface area contributed by atoms with Crippen LogP contribution in [0.3, 0.4) is 0 Å². The average molecular weight is 296 g/mol. The molecule has 0 saturated carbocycles. The van der Waals surface area contributed by atoms with Crippen molar-refractivity contribution in [1.29, 1.82) is 0 Å². The van der Waals surface area contributed by atoms with Crippen LogP contribution in [0.4, 0.5) is 5.69 Å². The van der Waals surface area contributed by atoms with E-state index >= 15 is 0 Å². The first-order valence-electron chi connectivity index (χ1n) is 6.61. The molecule has 1 aromatic carbocycles. The van der Waals surface area contributed by atoms with Gasteiger partial charge in [0.2, 0.25) is 0 Å². The standard InChI is InChI=1S/C14H20N2O5/c1-10-6-4-7-11(16(19)20)12(10)21-9-5-8-14(2,15-3)13(17)18/h4,6-7,15H,5,8-9H2,1-3H3,(H,17,18). The van der Waals surface area contributed by atoms with Gasteiger partial charge in [0, 0.05) is 6.07 Å². The van der Waals surface area contributed by atoms with Crippen molar-refractivity contribution in [1.82, 2.24) is 5.32 Å². The Balaban J connectivity index is 2.65. The number of nitrogens with one attached hydrogen (secondary N) is 1. The summed E-state index contributed by atoms with van der Waals surface area (Å²) >= 11 is 0. The second-order valence-electron chi connectivity index (χ2n) is 5.02. The van der Waals surface area contributed by atoms with Crippen LogP contribution in [0.2, 0.25) is 0 Å². The van der Waals surface area contributed by atoms with E-state index in [0.29, 0.717) is 18.4 Å². The second-order valence-corrected chi connectivity index (χ2v) is 5.02. The fourth-order valence-corrected chi connectivity index (χ4v) is 1.91. The van der Waals surface area contributed by atoms with Crippen LogP contribution in [0.5, 0.6) is 5.75 Å². The molecular formula is C14H20N2O5. The number of nitrogens with zero attached hydrogens (tertiary/aromatic N) is 1. The van der Waals surface area contributed by atoms with Crippen LogP contribution in [0.25, 0.3) is 0 Å². The summed E-state index contributed by atoms with van der Waals surface area (Å²) in [6, 6.07) is 4.72. The Morgan fingerprint density at radius 2 is 2.19 bits per heavy atom. The summed E-state index contributed by atoms with van der Waals surface area (Å²) in [5, 5.41) is 22.8. The maximum atomic E-state index is 11.1. The van der Waals surface area contributed by atoms with Crippen LogP contribution in [0.1, 0.15) is 25.3 Å². The third-order valence-corrected chi connectivity index (χ3v) is 3.48. The normalized spacial score (nSPS) is 13.5. The number of aryl methyl sites for hydroxylation is 1. The van der Waals surface area contributed by atoms with Crippen LogP contribution in [0.15, 0.2) is 18.2 Å². The van der Waals surface area contributed by atoms with Crippen molar-refractivity contribution in [2.45, 2.75) is 32.2 Å². The second kappa shape index (κ2) is 7.03. The molecule has 1 atom stereocenters. The summed E-state index contributed by atoms with van der Waals surface area (Å²) in [6.07, 6.45) is 0.827. The molecule has 0 aliphatic carbocycles. The molecule has 116 valence electrons. The Morgan fingerprint density at radius 3 is 2.71 bits per heavy atom. The molecule has 0 aliphatic heterocycles. The number of carboxylic acids is 1. The van der Waals surface area contributed by atoms with Gasteiger partial charge in [-0.1, -0.05) is 12.1 Å². The zero-order chi connectivity index (χ0) is 16.0. The third-order valence-electron chi connectivity index (χ3n) is 3.48. The first-order valence-corrected chi connectivity index (χ1v) is 6.61. The lowest BCUT2D eigenvalue weighted by molar-refractivity contribution is -0.385.